The molecule has 1 heterocycles. The molecule has 1 aliphatic rings. The summed E-state index contributed by atoms with van der Waals surface area (Å²) in [5.74, 6) is -1.11. The van der Waals surface area contributed by atoms with E-state index in [-0.39, 0.29) is 18.3 Å². The number of hydrogen-bond donors (Lipinski definition) is 2. The van der Waals surface area contributed by atoms with Crippen LogP contribution >= 0.6 is 12.4 Å². The maximum atomic E-state index is 10.4. The fourth-order valence-electron chi connectivity index (χ4n) is 0.799. The summed E-state index contributed by atoms with van der Waals surface area (Å²) in [6.45, 7) is 0. The van der Waals surface area contributed by atoms with Gasteiger partial charge in [0.05, 0.1) is 0 Å². The van der Waals surface area contributed by atoms with Crippen molar-refractivity contribution in [3.8, 4) is 0 Å². The van der Waals surface area contributed by atoms with Gasteiger partial charge in [0.25, 0.3) is 0 Å². The molecule has 0 aromatic heterocycles. The van der Waals surface area contributed by atoms with Gasteiger partial charge in [-0.05, 0) is 6.42 Å². The molecule has 0 aliphatic carbocycles. The Labute approximate surface area is 64.0 Å². The summed E-state index contributed by atoms with van der Waals surface area (Å²) in [5, 5.41) is 10.6. The van der Waals surface area contributed by atoms with Gasteiger partial charge in [-0.1, -0.05) is 0 Å². The van der Waals surface area contributed by atoms with E-state index in [2.05, 4.69) is 5.32 Å². The lowest BCUT2D eigenvalue weighted by molar-refractivity contribution is -0.140. The highest BCUT2D eigenvalue weighted by Gasteiger charge is 2.26. The molecular formula is C5H8ClNO3. The molecule has 0 bridgehead atoms. The molecule has 0 aromatic carbocycles. The third-order valence-electron chi connectivity index (χ3n) is 1.29. The van der Waals surface area contributed by atoms with Crippen molar-refractivity contribution in [2.75, 3.05) is 0 Å². The minimum atomic E-state index is -0.944. The highest BCUT2D eigenvalue weighted by atomic mass is 35.5. The summed E-state index contributed by atoms with van der Waals surface area (Å²) in [7, 11) is 0. The summed E-state index contributed by atoms with van der Waals surface area (Å²) < 4.78 is 0. The van der Waals surface area contributed by atoms with E-state index >= 15 is 0 Å². The van der Waals surface area contributed by atoms with E-state index in [9.17, 15) is 9.59 Å². The van der Waals surface area contributed by atoms with Gasteiger partial charge in [-0.25, -0.2) is 4.79 Å². The topological polar surface area (TPSA) is 66.4 Å². The van der Waals surface area contributed by atoms with Crippen molar-refractivity contribution < 1.29 is 14.7 Å². The van der Waals surface area contributed by atoms with Crippen molar-refractivity contribution in [2.45, 2.75) is 18.9 Å². The average molecular weight is 166 g/mol. The lowest BCUT2D eigenvalue weighted by atomic mass is 10.2. The van der Waals surface area contributed by atoms with Crippen LogP contribution in [-0.2, 0) is 9.59 Å². The molecule has 0 radical (unpaired) electrons. The smallest absolute Gasteiger partial charge is 0.326 e. The number of carbonyl (C=O) groups excluding carboxylic acids is 1. The van der Waals surface area contributed by atoms with Crippen molar-refractivity contribution >= 4 is 24.3 Å². The first-order valence-corrected chi connectivity index (χ1v) is 2.72. The first kappa shape index (κ1) is 9.23. The fraction of sp³-hybridized carbons (Fsp3) is 0.600. The van der Waals surface area contributed by atoms with E-state index in [1.165, 1.54) is 0 Å². The van der Waals surface area contributed by atoms with E-state index in [4.69, 9.17) is 5.11 Å². The Morgan fingerprint density at radius 3 is 2.50 bits per heavy atom. The Balaban J connectivity index is 0.000000810. The standard InChI is InChI=1S/C5H7NO3.ClH/c7-4-2-1-3(6-4)5(8)9;/h3H,1-2H2,(H,6,7)(H,8,9);1H. The Morgan fingerprint density at radius 1 is 1.70 bits per heavy atom. The number of carbonyl (C=O) groups is 2. The Bertz CT molecular complexity index is 159. The largest absolute Gasteiger partial charge is 0.480 e. The molecule has 1 atom stereocenters. The predicted molar refractivity (Wildman–Crippen MR) is 36.0 cm³/mol. The molecule has 1 aliphatic heterocycles. The van der Waals surface area contributed by atoms with E-state index in [1.807, 2.05) is 0 Å². The molecule has 1 saturated heterocycles. The quantitative estimate of drug-likeness (QED) is 0.564. The zero-order valence-corrected chi connectivity index (χ0v) is 5.98. The molecule has 58 valence electrons. The second-order valence-corrected chi connectivity index (χ2v) is 2.00. The maximum absolute atomic E-state index is 10.4. The van der Waals surface area contributed by atoms with Crippen LogP contribution in [0.15, 0.2) is 0 Å². The SMILES string of the molecule is Cl.O=C1CCC(C(=O)O)N1. The van der Waals surface area contributed by atoms with E-state index < -0.39 is 12.0 Å². The number of carboxylic acids is 1. The van der Waals surface area contributed by atoms with E-state index in [1.54, 1.807) is 0 Å². The molecule has 1 fully saturated rings. The third-order valence-corrected chi connectivity index (χ3v) is 1.29. The van der Waals surface area contributed by atoms with E-state index in [0.29, 0.717) is 12.8 Å². The number of carboxylic acid groups (broad SMARTS) is 1. The number of amides is 1. The second kappa shape index (κ2) is 3.41. The third kappa shape index (κ3) is 1.88. The van der Waals surface area contributed by atoms with Crippen LogP contribution in [0.3, 0.4) is 0 Å². The molecule has 0 spiro atoms. The molecule has 1 rings (SSSR count). The van der Waals surface area contributed by atoms with Gasteiger partial charge in [0.2, 0.25) is 5.91 Å². The van der Waals surface area contributed by atoms with Crippen LogP contribution in [0.5, 0.6) is 0 Å². The molecule has 1 unspecified atom stereocenters. The minimum absolute atomic E-state index is 0. The molecule has 5 heteroatoms. The minimum Gasteiger partial charge on any atom is -0.480 e. The van der Waals surface area contributed by atoms with Gasteiger partial charge in [-0.15, -0.1) is 12.4 Å². The van der Waals surface area contributed by atoms with Gasteiger partial charge >= 0.3 is 5.97 Å². The van der Waals surface area contributed by atoms with Gasteiger partial charge in [-0.3, -0.25) is 4.79 Å². The van der Waals surface area contributed by atoms with Crippen molar-refractivity contribution in [1.29, 1.82) is 0 Å². The molecular weight excluding hydrogens is 158 g/mol. The molecule has 10 heavy (non-hydrogen) atoms. The second-order valence-electron chi connectivity index (χ2n) is 2.00. The van der Waals surface area contributed by atoms with Crippen molar-refractivity contribution in [1.82, 2.24) is 5.32 Å². The predicted octanol–water partition coefficient (Wildman–Crippen LogP) is -0.229. The Morgan fingerprint density at radius 2 is 2.30 bits per heavy atom. The number of aliphatic carboxylic acids is 1. The zero-order valence-electron chi connectivity index (χ0n) is 5.16. The Kier molecular flexibility index (Phi) is 3.15. The summed E-state index contributed by atoms with van der Waals surface area (Å²) >= 11 is 0. The van der Waals surface area contributed by atoms with Crippen molar-refractivity contribution in [2.24, 2.45) is 0 Å². The van der Waals surface area contributed by atoms with Crippen LogP contribution in [0.2, 0.25) is 0 Å². The first-order valence-electron chi connectivity index (χ1n) is 2.72. The van der Waals surface area contributed by atoms with Gasteiger partial charge in [-0.2, -0.15) is 0 Å². The Hall–Kier alpha value is -0.770. The van der Waals surface area contributed by atoms with Crippen LogP contribution in [0.4, 0.5) is 0 Å². The number of halogens is 1. The number of rotatable bonds is 1. The average Bonchev–Trinajstić information content (AvgIpc) is 2.14. The molecule has 0 aromatic rings. The normalized spacial score (nSPS) is 23.2. The summed E-state index contributed by atoms with van der Waals surface area (Å²) in [4.78, 5) is 20.5. The lowest BCUT2D eigenvalue weighted by Crippen LogP contribution is -2.32. The summed E-state index contributed by atoms with van der Waals surface area (Å²) in [6, 6.07) is -0.641. The van der Waals surface area contributed by atoms with Crippen LogP contribution in [-0.4, -0.2) is 23.0 Å². The van der Waals surface area contributed by atoms with E-state index in [0.717, 1.165) is 0 Å². The number of hydrogen-bond acceptors (Lipinski definition) is 2. The van der Waals surface area contributed by atoms with Crippen LogP contribution in [0.1, 0.15) is 12.8 Å². The molecule has 2 N–H and O–H groups in total. The summed E-state index contributed by atoms with van der Waals surface area (Å²) in [6.07, 6.45) is 0.769. The van der Waals surface area contributed by atoms with Crippen LogP contribution in [0, 0.1) is 0 Å². The fourth-order valence-corrected chi connectivity index (χ4v) is 0.799. The van der Waals surface area contributed by atoms with Crippen molar-refractivity contribution in [3.63, 3.8) is 0 Å². The van der Waals surface area contributed by atoms with Gasteiger partial charge in [0, 0.05) is 6.42 Å². The first-order chi connectivity index (χ1) is 4.20. The molecule has 1 amide bonds. The van der Waals surface area contributed by atoms with Crippen LogP contribution < -0.4 is 5.32 Å². The zero-order chi connectivity index (χ0) is 6.85. The maximum Gasteiger partial charge on any atom is 0.326 e. The highest BCUT2D eigenvalue weighted by molar-refractivity contribution is 5.87. The van der Waals surface area contributed by atoms with Gasteiger partial charge in [0.1, 0.15) is 6.04 Å². The van der Waals surface area contributed by atoms with Crippen LogP contribution in [0.25, 0.3) is 0 Å². The number of nitrogens with one attached hydrogen (secondary N) is 1. The summed E-state index contributed by atoms with van der Waals surface area (Å²) in [5.41, 5.74) is 0. The monoisotopic (exact) mass is 165 g/mol. The van der Waals surface area contributed by atoms with Gasteiger partial charge in [0.15, 0.2) is 0 Å². The molecule has 0 saturated carbocycles. The highest BCUT2D eigenvalue weighted by Crippen LogP contribution is 2.05. The molecule has 4 nitrogen and oxygen atoms in total. The lowest BCUT2D eigenvalue weighted by Gasteiger charge is -1.99. The van der Waals surface area contributed by atoms with Crippen molar-refractivity contribution in [3.05, 3.63) is 0 Å². The van der Waals surface area contributed by atoms with Gasteiger partial charge < -0.3 is 10.4 Å².